The van der Waals surface area contributed by atoms with Gasteiger partial charge in [-0.1, -0.05) is 12.1 Å². The fourth-order valence-corrected chi connectivity index (χ4v) is 4.89. The number of Topliss-reactive ketones (excluding diaryl/α,β-unsaturated/α-hetero) is 1. The van der Waals surface area contributed by atoms with Crippen LogP contribution in [0.5, 0.6) is 11.5 Å². The summed E-state index contributed by atoms with van der Waals surface area (Å²) in [6.45, 7) is 0. The maximum absolute atomic E-state index is 13.2. The number of thiophene rings is 1. The number of benzene rings is 1. The first-order valence-electron chi connectivity index (χ1n) is 8.98. The molecule has 0 bridgehead atoms. The van der Waals surface area contributed by atoms with Gasteiger partial charge in [0.25, 0.3) is 0 Å². The highest BCUT2D eigenvalue weighted by Crippen LogP contribution is 2.45. The van der Waals surface area contributed by atoms with Crippen LogP contribution in [0.2, 0.25) is 0 Å². The van der Waals surface area contributed by atoms with E-state index in [4.69, 9.17) is 4.74 Å². The zero-order valence-corrected chi connectivity index (χ0v) is 15.9. The summed E-state index contributed by atoms with van der Waals surface area (Å²) in [5.41, 5.74) is 2.34. The van der Waals surface area contributed by atoms with E-state index in [1.165, 1.54) is 18.3 Å². The average Bonchev–Trinajstić information content (AvgIpc) is 3.38. The highest BCUT2D eigenvalue weighted by molar-refractivity contribution is 7.10. The minimum atomic E-state index is -0.428. The van der Waals surface area contributed by atoms with Crippen LogP contribution in [-0.2, 0) is 4.79 Å². The Kier molecular flexibility index (Phi) is 3.94. The molecule has 5 rings (SSSR count). The van der Waals surface area contributed by atoms with Gasteiger partial charge in [0, 0.05) is 28.5 Å². The molecule has 8 heteroatoms. The number of fused-ring (bicyclic) bond motifs is 1. The van der Waals surface area contributed by atoms with Gasteiger partial charge in [-0.25, -0.2) is 4.68 Å². The second-order valence-electron chi connectivity index (χ2n) is 6.92. The Morgan fingerprint density at radius 2 is 2.21 bits per heavy atom. The van der Waals surface area contributed by atoms with E-state index < -0.39 is 6.04 Å². The van der Waals surface area contributed by atoms with Gasteiger partial charge in [-0.15, -0.1) is 11.3 Å². The Balaban J connectivity index is 1.62. The summed E-state index contributed by atoms with van der Waals surface area (Å²) >= 11 is 1.68. The number of rotatable bonds is 3. The number of allylic oxidation sites excluding steroid dienone is 2. The predicted molar refractivity (Wildman–Crippen MR) is 105 cm³/mol. The van der Waals surface area contributed by atoms with Crippen LogP contribution in [0.1, 0.15) is 35.2 Å². The lowest BCUT2D eigenvalue weighted by atomic mass is 9.80. The summed E-state index contributed by atoms with van der Waals surface area (Å²) in [7, 11) is 1.50. The van der Waals surface area contributed by atoms with E-state index in [-0.39, 0.29) is 17.5 Å². The first kappa shape index (κ1) is 17.0. The lowest BCUT2D eigenvalue weighted by Gasteiger charge is -2.34. The summed E-state index contributed by atoms with van der Waals surface area (Å²) in [4.78, 5) is 18.7. The van der Waals surface area contributed by atoms with Crippen molar-refractivity contribution in [1.29, 1.82) is 0 Å². The number of nitrogens with zero attached hydrogens (tertiary/aromatic N) is 3. The van der Waals surface area contributed by atoms with Crippen LogP contribution in [0.3, 0.4) is 0 Å². The minimum absolute atomic E-state index is 0.0297. The van der Waals surface area contributed by atoms with Crippen LogP contribution < -0.4 is 10.1 Å². The molecule has 0 saturated carbocycles. The number of methoxy groups -OCH3 is 1. The van der Waals surface area contributed by atoms with Crippen molar-refractivity contribution in [3.05, 3.63) is 63.7 Å². The topological polar surface area (TPSA) is 89.3 Å². The molecule has 2 unspecified atom stereocenters. The molecule has 0 fully saturated rings. The summed E-state index contributed by atoms with van der Waals surface area (Å²) in [5, 5.41) is 19.9. The highest BCUT2D eigenvalue weighted by Gasteiger charge is 2.39. The Morgan fingerprint density at radius 1 is 1.32 bits per heavy atom. The second-order valence-corrected chi connectivity index (χ2v) is 7.90. The molecule has 2 aromatic heterocycles. The minimum Gasteiger partial charge on any atom is -0.504 e. The lowest BCUT2D eigenvalue weighted by molar-refractivity contribution is -0.116. The van der Waals surface area contributed by atoms with Gasteiger partial charge < -0.3 is 15.2 Å². The van der Waals surface area contributed by atoms with E-state index in [2.05, 4.69) is 21.5 Å². The SMILES string of the molecule is COc1ccc(C2C3=C(CC(c4cccs4)CC3=O)Nc3ncnn32)cc1O. The average molecular weight is 394 g/mol. The van der Waals surface area contributed by atoms with Gasteiger partial charge in [0.15, 0.2) is 17.3 Å². The number of nitrogens with one attached hydrogen (secondary N) is 1. The molecule has 3 heterocycles. The van der Waals surface area contributed by atoms with Gasteiger partial charge >= 0.3 is 0 Å². The van der Waals surface area contributed by atoms with Gasteiger partial charge in [0.1, 0.15) is 12.4 Å². The van der Waals surface area contributed by atoms with Crippen molar-refractivity contribution in [2.45, 2.75) is 24.8 Å². The van der Waals surface area contributed by atoms with Crippen molar-refractivity contribution < 1.29 is 14.6 Å². The number of aromatic nitrogens is 3. The summed E-state index contributed by atoms with van der Waals surface area (Å²) < 4.78 is 6.85. The van der Waals surface area contributed by atoms with E-state index >= 15 is 0 Å². The Bertz CT molecular complexity index is 1090. The number of aromatic hydroxyl groups is 1. The molecule has 2 N–H and O–H groups in total. The van der Waals surface area contributed by atoms with Crippen molar-refractivity contribution in [3.8, 4) is 11.5 Å². The summed E-state index contributed by atoms with van der Waals surface area (Å²) in [6.07, 6.45) is 2.68. The van der Waals surface area contributed by atoms with Crippen molar-refractivity contribution in [3.63, 3.8) is 0 Å². The summed E-state index contributed by atoms with van der Waals surface area (Å²) in [5.74, 6) is 1.27. The van der Waals surface area contributed by atoms with Gasteiger partial charge in [-0.05, 0) is 35.6 Å². The second kappa shape index (κ2) is 6.49. The Labute approximate surface area is 165 Å². The number of hydrogen-bond acceptors (Lipinski definition) is 7. The highest BCUT2D eigenvalue weighted by atomic mass is 32.1. The maximum atomic E-state index is 13.2. The van der Waals surface area contributed by atoms with Crippen LogP contribution in [0.15, 0.2) is 53.3 Å². The first-order valence-corrected chi connectivity index (χ1v) is 9.86. The fraction of sp³-hybridized carbons (Fsp3) is 0.250. The zero-order chi connectivity index (χ0) is 19.3. The molecular weight excluding hydrogens is 376 g/mol. The molecule has 7 nitrogen and oxygen atoms in total. The van der Waals surface area contributed by atoms with E-state index in [1.54, 1.807) is 28.2 Å². The number of carbonyl (C=O) groups is 1. The Hall–Kier alpha value is -3.13. The molecule has 3 aromatic rings. The molecule has 0 radical (unpaired) electrons. The Morgan fingerprint density at radius 3 is 2.96 bits per heavy atom. The number of carbonyl (C=O) groups excluding carboxylic acids is 1. The molecule has 2 atom stereocenters. The maximum Gasteiger partial charge on any atom is 0.226 e. The normalized spacial score (nSPS) is 21.1. The lowest BCUT2D eigenvalue weighted by Crippen LogP contribution is -2.33. The molecule has 1 aliphatic heterocycles. The zero-order valence-electron chi connectivity index (χ0n) is 15.1. The first-order chi connectivity index (χ1) is 13.7. The molecule has 0 amide bonds. The van der Waals surface area contributed by atoms with E-state index in [0.717, 1.165) is 17.7 Å². The predicted octanol–water partition coefficient (Wildman–Crippen LogP) is 3.47. The van der Waals surface area contributed by atoms with E-state index in [1.807, 2.05) is 17.5 Å². The van der Waals surface area contributed by atoms with Gasteiger partial charge in [-0.3, -0.25) is 4.79 Å². The van der Waals surface area contributed by atoms with Crippen molar-refractivity contribution in [2.75, 3.05) is 12.4 Å². The largest absolute Gasteiger partial charge is 0.504 e. The third-order valence-corrected chi connectivity index (χ3v) is 6.36. The van der Waals surface area contributed by atoms with Crippen molar-refractivity contribution in [2.24, 2.45) is 0 Å². The van der Waals surface area contributed by atoms with Crippen LogP contribution >= 0.6 is 11.3 Å². The van der Waals surface area contributed by atoms with Gasteiger partial charge in [0.05, 0.1) is 7.11 Å². The number of hydrogen-bond donors (Lipinski definition) is 2. The number of phenolic OH excluding ortho intramolecular Hbond substituents is 1. The monoisotopic (exact) mass is 394 g/mol. The number of phenols is 1. The van der Waals surface area contributed by atoms with E-state index in [0.29, 0.717) is 23.7 Å². The standard InChI is InChI=1S/C20H18N4O3S/c1-27-16-5-4-11(8-14(16)25)19-18-13(23-20-21-10-22-24(19)20)7-12(9-15(18)26)17-3-2-6-28-17/h2-6,8,10,12,19,25H,7,9H2,1H3,(H,21,22,23). The fourth-order valence-electron chi connectivity index (χ4n) is 4.06. The quantitative estimate of drug-likeness (QED) is 0.707. The number of ketones is 1. The number of anilines is 1. The van der Waals surface area contributed by atoms with E-state index in [9.17, 15) is 9.90 Å². The smallest absolute Gasteiger partial charge is 0.226 e. The molecule has 1 aliphatic carbocycles. The third kappa shape index (κ3) is 2.60. The van der Waals surface area contributed by atoms with Crippen LogP contribution in [0.25, 0.3) is 0 Å². The molecular formula is C20H18N4O3S. The molecule has 2 aliphatic rings. The summed E-state index contributed by atoms with van der Waals surface area (Å²) in [6, 6.07) is 8.85. The number of ether oxygens (including phenoxy) is 1. The molecule has 142 valence electrons. The van der Waals surface area contributed by atoms with Gasteiger partial charge in [-0.2, -0.15) is 10.1 Å². The van der Waals surface area contributed by atoms with Crippen LogP contribution in [-0.4, -0.2) is 32.8 Å². The van der Waals surface area contributed by atoms with Gasteiger partial charge in [0.2, 0.25) is 5.95 Å². The molecule has 28 heavy (non-hydrogen) atoms. The van der Waals surface area contributed by atoms with Crippen LogP contribution in [0, 0.1) is 0 Å². The van der Waals surface area contributed by atoms with Crippen LogP contribution in [0.4, 0.5) is 5.95 Å². The van der Waals surface area contributed by atoms with Crippen molar-refractivity contribution >= 4 is 23.1 Å². The van der Waals surface area contributed by atoms with Crippen molar-refractivity contribution in [1.82, 2.24) is 14.8 Å². The molecule has 0 spiro atoms. The molecule has 1 aromatic carbocycles. The molecule has 0 saturated heterocycles. The third-order valence-electron chi connectivity index (χ3n) is 5.33.